The molecule has 0 atom stereocenters. The Labute approximate surface area is 137 Å². The van der Waals surface area contributed by atoms with Crippen LogP contribution in [0.3, 0.4) is 0 Å². The number of rotatable bonds is 8. The Balaban J connectivity index is -0.000000212. The van der Waals surface area contributed by atoms with Gasteiger partial charge in [0.05, 0.1) is 0 Å². The second kappa shape index (κ2) is 31.6. The summed E-state index contributed by atoms with van der Waals surface area (Å²) < 4.78 is 0. The number of allylic oxidation sites excluding steroid dienone is 5. The van der Waals surface area contributed by atoms with E-state index in [0.717, 1.165) is 0 Å². The van der Waals surface area contributed by atoms with Gasteiger partial charge in [0.2, 0.25) is 0 Å². The highest BCUT2D eigenvalue weighted by Gasteiger charge is 1.92. The molecule has 0 spiro atoms. The van der Waals surface area contributed by atoms with Crippen LogP contribution >= 0.6 is 0 Å². The minimum Gasteiger partial charge on any atom is -0.0956 e. The summed E-state index contributed by atoms with van der Waals surface area (Å²) in [5, 5.41) is 0. The molecule has 0 radical (unpaired) electrons. The summed E-state index contributed by atoms with van der Waals surface area (Å²) >= 11 is 0. The van der Waals surface area contributed by atoms with Crippen molar-refractivity contribution in [1.82, 2.24) is 0 Å². The van der Waals surface area contributed by atoms with E-state index in [4.69, 9.17) is 0 Å². The van der Waals surface area contributed by atoms with Crippen molar-refractivity contribution in [1.29, 1.82) is 0 Å². The maximum atomic E-state index is 3.99. The minimum absolute atomic E-state index is 0.555. The molecule has 0 saturated carbocycles. The van der Waals surface area contributed by atoms with Crippen molar-refractivity contribution in [3.8, 4) is 0 Å². The van der Waals surface area contributed by atoms with Crippen LogP contribution in [0.5, 0.6) is 0 Å². The van der Waals surface area contributed by atoms with Gasteiger partial charge in [0.25, 0.3) is 0 Å². The highest BCUT2D eigenvalue weighted by atomic mass is 14.0. The van der Waals surface area contributed by atoms with Crippen molar-refractivity contribution >= 4 is 0 Å². The molecule has 0 heteroatoms. The van der Waals surface area contributed by atoms with Crippen LogP contribution in [0.25, 0.3) is 0 Å². The molecule has 0 fully saturated rings. The molecule has 0 rings (SSSR count). The standard InChI is InChI=1S/C15H26.3C2H6/c1-5-6-7-8-9-10-11-12-13-15(4)14(2)3;3*1-2/h10-14H,4-9H2,1-3H3;3*1-2H3/b11-10-,13-12-;;;. The van der Waals surface area contributed by atoms with Crippen LogP contribution in [0.4, 0.5) is 0 Å². The second-order valence-corrected chi connectivity index (χ2v) is 4.37. The van der Waals surface area contributed by atoms with E-state index in [-0.39, 0.29) is 0 Å². The molecule has 128 valence electrons. The lowest BCUT2D eigenvalue weighted by atomic mass is 10.1. The first-order valence-electron chi connectivity index (χ1n) is 9.20. The number of hydrogen-bond acceptors (Lipinski definition) is 0. The molecular formula is C21H44. The maximum Gasteiger partial charge on any atom is -0.0225 e. The summed E-state index contributed by atoms with van der Waals surface area (Å²) in [4.78, 5) is 0. The predicted octanol–water partition coefficient (Wildman–Crippen LogP) is 8.36. The van der Waals surface area contributed by atoms with Gasteiger partial charge in [0.15, 0.2) is 0 Å². The first-order chi connectivity index (χ1) is 10.2. The Morgan fingerprint density at radius 2 is 1.38 bits per heavy atom. The molecule has 0 heterocycles. The zero-order chi connectivity index (χ0) is 17.5. The second-order valence-electron chi connectivity index (χ2n) is 4.37. The van der Waals surface area contributed by atoms with E-state index < -0.39 is 0 Å². The van der Waals surface area contributed by atoms with E-state index in [1.165, 1.54) is 37.7 Å². The quantitative estimate of drug-likeness (QED) is 0.312. The van der Waals surface area contributed by atoms with Crippen LogP contribution in [-0.2, 0) is 0 Å². The highest BCUT2D eigenvalue weighted by molar-refractivity contribution is 5.20. The van der Waals surface area contributed by atoms with Crippen molar-refractivity contribution in [3.05, 3.63) is 36.5 Å². The molecule has 21 heavy (non-hydrogen) atoms. The number of hydrogen-bond donors (Lipinski definition) is 0. The fourth-order valence-corrected chi connectivity index (χ4v) is 1.24. The molecule has 0 aliphatic heterocycles. The van der Waals surface area contributed by atoms with Crippen molar-refractivity contribution in [2.45, 2.75) is 94.4 Å². The summed E-state index contributed by atoms with van der Waals surface area (Å²) in [5.74, 6) is 0.555. The van der Waals surface area contributed by atoms with Crippen molar-refractivity contribution in [3.63, 3.8) is 0 Å². The Kier molecular flexibility index (Phi) is 42.7. The van der Waals surface area contributed by atoms with Crippen molar-refractivity contribution < 1.29 is 0 Å². The zero-order valence-corrected chi connectivity index (χ0v) is 16.6. The van der Waals surface area contributed by atoms with Gasteiger partial charge in [-0.3, -0.25) is 0 Å². The van der Waals surface area contributed by atoms with Crippen LogP contribution in [0.1, 0.15) is 94.4 Å². The molecule has 0 aliphatic rings. The summed E-state index contributed by atoms with van der Waals surface area (Å²) in [6.45, 7) is 22.6. The maximum absolute atomic E-state index is 3.99. The van der Waals surface area contributed by atoms with E-state index in [1.54, 1.807) is 0 Å². The fourth-order valence-electron chi connectivity index (χ4n) is 1.24. The Morgan fingerprint density at radius 3 is 1.81 bits per heavy atom. The van der Waals surface area contributed by atoms with E-state index >= 15 is 0 Å². The van der Waals surface area contributed by atoms with Crippen LogP contribution in [0.2, 0.25) is 0 Å². The lowest BCUT2D eigenvalue weighted by Crippen LogP contribution is -1.86. The highest BCUT2D eigenvalue weighted by Crippen LogP contribution is 2.08. The monoisotopic (exact) mass is 296 g/mol. The minimum atomic E-state index is 0.555. The zero-order valence-electron chi connectivity index (χ0n) is 16.6. The summed E-state index contributed by atoms with van der Waals surface area (Å²) in [7, 11) is 0. The summed E-state index contributed by atoms with van der Waals surface area (Å²) in [5.41, 5.74) is 1.20. The van der Waals surface area contributed by atoms with Gasteiger partial charge >= 0.3 is 0 Å². The molecule has 0 amide bonds. The van der Waals surface area contributed by atoms with Crippen LogP contribution < -0.4 is 0 Å². The molecule has 0 N–H and O–H groups in total. The lowest BCUT2D eigenvalue weighted by molar-refractivity contribution is 0.674. The Bertz CT molecular complexity index is 206. The largest absolute Gasteiger partial charge is 0.0956 e. The van der Waals surface area contributed by atoms with Crippen molar-refractivity contribution in [2.75, 3.05) is 0 Å². The molecular weight excluding hydrogens is 252 g/mol. The summed E-state index contributed by atoms with van der Waals surface area (Å²) in [6.07, 6.45) is 15.2. The number of unbranched alkanes of at least 4 members (excludes halogenated alkanes) is 4. The van der Waals surface area contributed by atoms with Gasteiger partial charge in [-0.2, -0.15) is 0 Å². The van der Waals surface area contributed by atoms with Gasteiger partial charge in [-0.1, -0.05) is 118 Å². The molecule has 0 aromatic heterocycles. The van der Waals surface area contributed by atoms with Gasteiger partial charge in [0, 0.05) is 0 Å². The molecule has 0 aromatic carbocycles. The molecule has 0 nitrogen and oxygen atoms in total. The first kappa shape index (κ1) is 28.4. The van der Waals surface area contributed by atoms with Crippen LogP contribution in [0.15, 0.2) is 36.5 Å². The van der Waals surface area contributed by atoms with Gasteiger partial charge in [-0.25, -0.2) is 0 Å². The van der Waals surface area contributed by atoms with Crippen LogP contribution in [-0.4, -0.2) is 0 Å². The third-order valence-corrected chi connectivity index (χ3v) is 2.52. The SMILES string of the molecule is C=C(/C=C\C=C/CCCCCC)C(C)C.CC.CC.CC. The van der Waals surface area contributed by atoms with Crippen LogP contribution in [0, 0.1) is 5.92 Å². The molecule has 0 bridgehead atoms. The van der Waals surface area contributed by atoms with Crippen molar-refractivity contribution in [2.24, 2.45) is 5.92 Å². The van der Waals surface area contributed by atoms with Gasteiger partial charge in [0.1, 0.15) is 0 Å². The average molecular weight is 297 g/mol. The molecule has 0 aliphatic carbocycles. The molecule has 0 saturated heterocycles. The Morgan fingerprint density at radius 1 is 0.857 bits per heavy atom. The van der Waals surface area contributed by atoms with E-state index in [9.17, 15) is 0 Å². The van der Waals surface area contributed by atoms with E-state index in [2.05, 4.69) is 51.7 Å². The topological polar surface area (TPSA) is 0 Å². The third-order valence-electron chi connectivity index (χ3n) is 2.52. The van der Waals surface area contributed by atoms with E-state index in [0.29, 0.717) is 5.92 Å². The molecule has 0 aromatic rings. The third kappa shape index (κ3) is 32.6. The van der Waals surface area contributed by atoms with Gasteiger partial charge < -0.3 is 0 Å². The first-order valence-corrected chi connectivity index (χ1v) is 9.20. The smallest absolute Gasteiger partial charge is 0.0225 e. The Hall–Kier alpha value is -0.780. The molecule has 0 unspecified atom stereocenters. The predicted molar refractivity (Wildman–Crippen MR) is 105 cm³/mol. The normalized spacial score (nSPS) is 9.43. The lowest BCUT2D eigenvalue weighted by Gasteiger charge is -2.01. The van der Waals surface area contributed by atoms with E-state index in [1.807, 2.05) is 41.5 Å². The van der Waals surface area contributed by atoms with Gasteiger partial charge in [-0.05, 0) is 18.8 Å². The average Bonchev–Trinajstić information content (AvgIpc) is 2.55. The van der Waals surface area contributed by atoms with Gasteiger partial charge in [-0.15, -0.1) is 0 Å². The summed E-state index contributed by atoms with van der Waals surface area (Å²) in [6, 6.07) is 0. The fraction of sp³-hybridized carbons (Fsp3) is 0.714.